The summed E-state index contributed by atoms with van der Waals surface area (Å²) in [5, 5.41) is 0. The van der Waals surface area contributed by atoms with Crippen LogP contribution in [0.25, 0.3) is 0 Å². The van der Waals surface area contributed by atoms with Gasteiger partial charge in [0.05, 0.1) is 18.7 Å². The number of allylic oxidation sites excluding steroid dienone is 1. The van der Waals surface area contributed by atoms with Crippen LogP contribution in [0.4, 0.5) is 13.2 Å². The summed E-state index contributed by atoms with van der Waals surface area (Å²) >= 11 is 0. The molecular formula is C16H18F3NO6S. The number of halogens is 3. The normalized spacial score (nSPS) is 18.1. The van der Waals surface area contributed by atoms with Crippen molar-refractivity contribution in [1.29, 1.82) is 0 Å². The molecule has 1 aliphatic rings. The minimum Gasteiger partial charge on any atom is -0.487 e. The lowest BCUT2D eigenvalue weighted by Gasteiger charge is -2.26. The first kappa shape index (κ1) is 21.0. The number of alkyl halides is 3. The molecule has 7 nitrogen and oxygen atoms in total. The average molecular weight is 409 g/mol. The van der Waals surface area contributed by atoms with E-state index in [-0.39, 0.29) is 43.8 Å². The van der Waals surface area contributed by atoms with Crippen LogP contribution in [-0.2, 0) is 23.8 Å². The van der Waals surface area contributed by atoms with Crippen LogP contribution in [0.5, 0.6) is 5.75 Å². The summed E-state index contributed by atoms with van der Waals surface area (Å²) in [6.07, 6.45) is 2.82. The lowest BCUT2D eigenvalue weighted by Crippen LogP contribution is -2.29. The lowest BCUT2D eigenvalue weighted by molar-refractivity contribution is -0.148. The fourth-order valence-electron chi connectivity index (χ4n) is 2.48. The molecule has 1 aromatic rings. The number of pyridine rings is 1. The van der Waals surface area contributed by atoms with E-state index < -0.39 is 27.5 Å². The van der Waals surface area contributed by atoms with Gasteiger partial charge in [0.25, 0.3) is 0 Å². The second kappa shape index (κ2) is 8.59. The summed E-state index contributed by atoms with van der Waals surface area (Å²) in [6, 6.07) is 3.17. The first-order valence-electron chi connectivity index (χ1n) is 8.05. The molecule has 27 heavy (non-hydrogen) atoms. The Hall–Kier alpha value is -2.30. The Balaban J connectivity index is 2.23. The lowest BCUT2D eigenvalue weighted by atomic mass is 9.88. The van der Waals surface area contributed by atoms with Gasteiger partial charge in [-0.05, 0) is 31.9 Å². The monoisotopic (exact) mass is 409 g/mol. The summed E-state index contributed by atoms with van der Waals surface area (Å²) < 4.78 is 75.2. The Labute approximate surface area is 154 Å². The number of carbonyl (C=O) groups excluding carboxylic acids is 1. The molecule has 11 heteroatoms. The Morgan fingerprint density at radius 1 is 1.37 bits per heavy atom. The molecule has 1 heterocycles. The summed E-state index contributed by atoms with van der Waals surface area (Å²) in [7, 11) is -5.80. The number of esters is 1. The second-order valence-corrected chi connectivity index (χ2v) is 7.22. The average Bonchev–Trinajstić information content (AvgIpc) is 2.60. The summed E-state index contributed by atoms with van der Waals surface area (Å²) in [5.74, 6) is -1.15. The maximum absolute atomic E-state index is 12.6. The van der Waals surface area contributed by atoms with Gasteiger partial charge in [-0.3, -0.25) is 9.78 Å². The number of hydrogen-bond acceptors (Lipinski definition) is 7. The number of hydrogen-bond donors (Lipinski definition) is 0. The Morgan fingerprint density at radius 3 is 2.70 bits per heavy atom. The molecule has 0 aromatic carbocycles. The van der Waals surface area contributed by atoms with Crippen LogP contribution in [0, 0.1) is 5.92 Å². The van der Waals surface area contributed by atoms with Crippen LogP contribution >= 0.6 is 0 Å². The molecule has 1 aliphatic carbocycles. The van der Waals surface area contributed by atoms with Crippen LogP contribution < -0.4 is 4.74 Å². The van der Waals surface area contributed by atoms with Gasteiger partial charge < -0.3 is 13.7 Å². The third kappa shape index (κ3) is 5.59. The van der Waals surface area contributed by atoms with Gasteiger partial charge in [0.2, 0.25) is 0 Å². The van der Waals surface area contributed by atoms with Crippen LogP contribution in [0.3, 0.4) is 0 Å². The van der Waals surface area contributed by atoms with Gasteiger partial charge in [0.15, 0.2) is 0 Å². The third-order valence-electron chi connectivity index (χ3n) is 3.77. The molecule has 150 valence electrons. The number of aromatic nitrogens is 1. The predicted molar refractivity (Wildman–Crippen MR) is 86.8 cm³/mol. The molecule has 0 radical (unpaired) electrons. The highest BCUT2D eigenvalue weighted by Gasteiger charge is 2.49. The summed E-state index contributed by atoms with van der Waals surface area (Å²) in [4.78, 5) is 15.8. The molecule has 0 N–H and O–H groups in total. The molecule has 0 fully saturated rings. The van der Waals surface area contributed by atoms with E-state index in [1.54, 1.807) is 19.1 Å². The molecule has 1 unspecified atom stereocenters. The first-order chi connectivity index (χ1) is 12.6. The largest absolute Gasteiger partial charge is 0.534 e. The van der Waals surface area contributed by atoms with Crippen molar-refractivity contribution < 1.29 is 40.0 Å². The number of nitrogens with zero attached hydrogens (tertiary/aromatic N) is 1. The molecule has 0 amide bonds. The molecule has 0 spiro atoms. The van der Waals surface area contributed by atoms with Gasteiger partial charge in [-0.15, -0.1) is 0 Å². The van der Waals surface area contributed by atoms with Crippen molar-refractivity contribution in [3.05, 3.63) is 35.9 Å². The third-order valence-corrected chi connectivity index (χ3v) is 4.76. The minimum absolute atomic E-state index is 0.0260. The van der Waals surface area contributed by atoms with E-state index in [1.165, 1.54) is 12.4 Å². The molecule has 1 aromatic heterocycles. The SMILES string of the molecule is CCOC(=O)C1CCC(OS(=O)(=O)C(F)(F)F)=C(COc2cccnc2)C1. The van der Waals surface area contributed by atoms with Crippen LogP contribution in [-0.4, -0.2) is 38.1 Å². The molecule has 0 bridgehead atoms. The molecule has 0 saturated heterocycles. The van der Waals surface area contributed by atoms with Crippen LogP contribution in [0.1, 0.15) is 26.2 Å². The minimum atomic E-state index is -5.80. The first-order valence-corrected chi connectivity index (χ1v) is 9.46. The molecule has 2 rings (SSSR count). The number of carbonyl (C=O) groups is 1. The zero-order valence-corrected chi connectivity index (χ0v) is 15.2. The zero-order valence-electron chi connectivity index (χ0n) is 14.4. The van der Waals surface area contributed by atoms with E-state index in [4.69, 9.17) is 9.47 Å². The molecule has 0 saturated carbocycles. The van der Waals surface area contributed by atoms with Crippen LogP contribution in [0.2, 0.25) is 0 Å². The van der Waals surface area contributed by atoms with Crippen molar-refractivity contribution in [3.63, 3.8) is 0 Å². The quantitative estimate of drug-likeness (QED) is 0.388. The fourth-order valence-corrected chi connectivity index (χ4v) is 3.04. The van der Waals surface area contributed by atoms with E-state index in [1.807, 2.05) is 0 Å². The Bertz CT molecular complexity index is 792. The highest BCUT2D eigenvalue weighted by Crippen LogP contribution is 2.35. The highest BCUT2D eigenvalue weighted by atomic mass is 32.2. The predicted octanol–water partition coefficient (Wildman–Crippen LogP) is 2.94. The van der Waals surface area contributed by atoms with E-state index in [0.717, 1.165) is 0 Å². The second-order valence-electron chi connectivity index (χ2n) is 5.68. The highest BCUT2D eigenvalue weighted by molar-refractivity contribution is 7.87. The zero-order chi connectivity index (χ0) is 20.1. The van der Waals surface area contributed by atoms with Gasteiger partial charge in [0, 0.05) is 18.2 Å². The molecule has 0 aliphatic heterocycles. The van der Waals surface area contributed by atoms with Crippen molar-refractivity contribution in [2.75, 3.05) is 13.2 Å². The van der Waals surface area contributed by atoms with Gasteiger partial charge >= 0.3 is 21.6 Å². The van der Waals surface area contributed by atoms with Gasteiger partial charge in [-0.25, -0.2) is 0 Å². The number of ether oxygens (including phenoxy) is 2. The summed E-state index contributed by atoms with van der Waals surface area (Å²) in [6.45, 7) is 1.55. The topological polar surface area (TPSA) is 91.8 Å². The number of rotatable bonds is 7. The van der Waals surface area contributed by atoms with Crippen LogP contribution in [0.15, 0.2) is 35.9 Å². The van der Waals surface area contributed by atoms with Gasteiger partial charge in [0.1, 0.15) is 18.1 Å². The van der Waals surface area contributed by atoms with E-state index in [0.29, 0.717) is 5.75 Å². The van der Waals surface area contributed by atoms with E-state index in [9.17, 15) is 26.4 Å². The maximum atomic E-state index is 12.6. The van der Waals surface area contributed by atoms with E-state index >= 15 is 0 Å². The summed E-state index contributed by atoms with van der Waals surface area (Å²) in [5.41, 5.74) is -5.40. The smallest absolute Gasteiger partial charge is 0.487 e. The van der Waals surface area contributed by atoms with E-state index in [2.05, 4.69) is 9.17 Å². The van der Waals surface area contributed by atoms with Crippen molar-refractivity contribution >= 4 is 16.1 Å². The van der Waals surface area contributed by atoms with Crippen molar-refractivity contribution in [2.24, 2.45) is 5.92 Å². The van der Waals surface area contributed by atoms with Gasteiger partial charge in [-0.2, -0.15) is 21.6 Å². The Kier molecular flexibility index (Phi) is 6.68. The van der Waals surface area contributed by atoms with Crippen molar-refractivity contribution in [3.8, 4) is 5.75 Å². The van der Waals surface area contributed by atoms with Crippen molar-refractivity contribution in [2.45, 2.75) is 31.7 Å². The van der Waals surface area contributed by atoms with Gasteiger partial charge in [-0.1, -0.05) is 0 Å². The molecule has 1 atom stereocenters. The standard InChI is InChI=1S/C16H18F3NO6S/c1-2-24-15(21)11-5-6-14(26-27(22,23)16(17,18)19)12(8-11)10-25-13-4-3-7-20-9-13/h3-4,7,9,11H,2,5-6,8,10H2,1H3. The molecular weight excluding hydrogens is 391 g/mol. The maximum Gasteiger partial charge on any atom is 0.534 e. The fraction of sp³-hybridized carbons (Fsp3) is 0.500. The van der Waals surface area contributed by atoms with Crippen molar-refractivity contribution in [1.82, 2.24) is 4.98 Å². The Morgan fingerprint density at radius 2 is 2.11 bits per heavy atom.